The van der Waals surface area contributed by atoms with Crippen LogP contribution in [0.4, 0.5) is 0 Å². The van der Waals surface area contributed by atoms with Gasteiger partial charge in [-0.15, -0.1) is 0 Å². The number of aliphatic carboxylic acids is 1. The number of hydrogen-bond donors (Lipinski definition) is 3. The van der Waals surface area contributed by atoms with E-state index in [4.69, 9.17) is 15.6 Å². The molecular formula is C12H14N2O5. The van der Waals surface area contributed by atoms with Crippen LogP contribution in [0.15, 0.2) is 30.3 Å². The Morgan fingerprint density at radius 3 is 2.42 bits per heavy atom. The molecule has 0 spiro atoms. The summed E-state index contributed by atoms with van der Waals surface area (Å²) in [5.41, 5.74) is 5.74. The number of nitrogens with one attached hydrogen (secondary N) is 1. The second kappa shape index (κ2) is 7.12. The van der Waals surface area contributed by atoms with Gasteiger partial charge in [0.25, 0.3) is 0 Å². The van der Waals surface area contributed by atoms with E-state index in [0.29, 0.717) is 5.56 Å². The molecule has 7 heteroatoms. The first-order valence-electron chi connectivity index (χ1n) is 5.47. The third kappa shape index (κ3) is 4.76. The lowest BCUT2D eigenvalue weighted by molar-refractivity contribution is -0.157. The molecule has 1 unspecified atom stereocenters. The van der Waals surface area contributed by atoms with Crippen LogP contribution < -0.4 is 11.1 Å². The summed E-state index contributed by atoms with van der Waals surface area (Å²) in [6.07, 6.45) is 0. The largest absolute Gasteiger partial charge is 0.479 e. The summed E-state index contributed by atoms with van der Waals surface area (Å²) in [6, 6.07) is 7.01. The first-order chi connectivity index (χ1) is 9.04. The molecule has 1 rings (SSSR count). The van der Waals surface area contributed by atoms with Gasteiger partial charge in [0.15, 0.2) is 0 Å². The molecule has 0 aliphatic rings. The summed E-state index contributed by atoms with van der Waals surface area (Å²) in [6.45, 7) is -0.475. The number of nitrogens with two attached hydrogens (primary N) is 1. The minimum Gasteiger partial charge on any atom is -0.479 e. The maximum atomic E-state index is 11.6. The van der Waals surface area contributed by atoms with Crippen LogP contribution in [0.2, 0.25) is 0 Å². The molecule has 0 aliphatic heterocycles. The van der Waals surface area contributed by atoms with Crippen LogP contribution >= 0.6 is 0 Å². The summed E-state index contributed by atoms with van der Waals surface area (Å²) >= 11 is 0. The maximum absolute atomic E-state index is 11.6. The van der Waals surface area contributed by atoms with Crippen molar-refractivity contribution < 1.29 is 24.2 Å². The topological polar surface area (TPSA) is 119 Å². The molecule has 4 N–H and O–H groups in total. The van der Waals surface area contributed by atoms with E-state index in [9.17, 15) is 14.4 Å². The van der Waals surface area contributed by atoms with Crippen molar-refractivity contribution in [3.05, 3.63) is 35.9 Å². The molecule has 102 valence electrons. The number of rotatable bonds is 6. The Morgan fingerprint density at radius 1 is 1.26 bits per heavy atom. The number of ether oxygens (including phenoxy) is 1. The average molecular weight is 266 g/mol. The molecule has 0 aliphatic carbocycles. The second-order valence-electron chi connectivity index (χ2n) is 3.64. The van der Waals surface area contributed by atoms with Crippen LogP contribution in [-0.4, -0.2) is 35.5 Å². The van der Waals surface area contributed by atoms with Crippen molar-refractivity contribution in [1.82, 2.24) is 5.32 Å². The number of carboxylic acids is 1. The quantitative estimate of drug-likeness (QED) is 0.461. The minimum atomic E-state index is -1.75. The zero-order valence-corrected chi connectivity index (χ0v) is 10.0. The molecular weight excluding hydrogens is 252 g/mol. The summed E-state index contributed by atoms with van der Waals surface area (Å²) in [7, 11) is 0. The first-order valence-corrected chi connectivity index (χ1v) is 5.47. The van der Waals surface area contributed by atoms with Crippen molar-refractivity contribution in [3.63, 3.8) is 0 Å². The Balaban J connectivity index is 2.58. The zero-order valence-electron chi connectivity index (χ0n) is 10.0. The van der Waals surface area contributed by atoms with Crippen molar-refractivity contribution in [3.8, 4) is 0 Å². The van der Waals surface area contributed by atoms with Crippen molar-refractivity contribution >= 4 is 17.8 Å². The van der Waals surface area contributed by atoms with Crippen molar-refractivity contribution in [2.75, 3.05) is 6.54 Å². The Kier molecular flexibility index (Phi) is 5.49. The lowest BCUT2D eigenvalue weighted by atomic mass is 10.2. The van der Waals surface area contributed by atoms with Gasteiger partial charge in [-0.25, -0.2) is 9.59 Å². The molecule has 19 heavy (non-hydrogen) atoms. The fourth-order valence-corrected chi connectivity index (χ4v) is 1.25. The van der Waals surface area contributed by atoms with Crippen LogP contribution in [0.3, 0.4) is 0 Å². The van der Waals surface area contributed by atoms with Crippen molar-refractivity contribution in [2.24, 2.45) is 5.73 Å². The third-order valence-corrected chi connectivity index (χ3v) is 2.20. The lowest BCUT2D eigenvalue weighted by Crippen LogP contribution is -2.49. The van der Waals surface area contributed by atoms with Gasteiger partial charge in [-0.1, -0.05) is 30.3 Å². The van der Waals surface area contributed by atoms with E-state index in [0.717, 1.165) is 0 Å². The molecule has 0 radical (unpaired) electrons. The number of carboxylic acid groups (broad SMARTS) is 1. The average Bonchev–Trinajstić information content (AvgIpc) is 2.42. The van der Waals surface area contributed by atoms with Gasteiger partial charge in [-0.3, -0.25) is 4.79 Å². The van der Waals surface area contributed by atoms with E-state index in [1.165, 1.54) is 0 Å². The molecule has 1 atom stereocenters. The van der Waals surface area contributed by atoms with Crippen molar-refractivity contribution in [1.29, 1.82) is 0 Å². The third-order valence-electron chi connectivity index (χ3n) is 2.20. The van der Waals surface area contributed by atoms with E-state index < -0.39 is 30.4 Å². The maximum Gasteiger partial charge on any atom is 0.340 e. The van der Waals surface area contributed by atoms with Gasteiger partial charge in [0.2, 0.25) is 11.9 Å². The van der Waals surface area contributed by atoms with Crippen LogP contribution in [-0.2, 0) is 25.7 Å². The fraction of sp³-hybridized carbons (Fsp3) is 0.250. The Hall–Kier alpha value is -2.41. The Morgan fingerprint density at radius 2 is 1.89 bits per heavy atom. The zero-order chi connectivity index (χ0) is 14.3. The van der Waals surface area contributed by atoms with Gasteiger partial charge in [-0.05, 0) is 5.56 Å². The highest BCUT2D eigenvalue weighted by Gasteiger charge is 2.29. The van der Waals surface area contributed by atoms with Crippen LogP contribution in [0.5, 0.6) is 0 Å². The van der Waals surface area contributed by atoms with Gasteiger partial charge in [0.05, 0.1) is 6.54 Å². The van der Waals surface area contributed by atoms with E-state index >= 15 is 0 Å². The highest BCUT2D eigenvalue weighted by Crippen LogP contribution is 2.02. The summed E-state index contributed by atoms with van der Waals surface area (Å²) in [5, 5.41) is 10.8. The molecule has 1 aromatic rings. The molecule has 1 aromatic carbocycles. The van der Waals surface area contributed by atoms with E-state index in [2.05, 4.69) is 0 Å². The summed E-state index contributed by atoms with van der Waals surface area (Å²) < 4.78 is 4.82. The van der Waals surface area contributed by atoms with Crippen LogP contribution in [0, 0.1) is 0 Å². The van der Waals surface area contributed by atoms with Gasteiger partial charge in [-0.2, -0.15) is 0 Å². The number of esters is 1. The van der Waals surface area contributed by atoms with Crippen molar-refractivity contribution in [2.45, 2.75) is 12.6 Å². The van der Waals surface area contributed by atoms with Gasteiger partial charge in [0, 0.05) is 0 Å². The van der Waals surface area contributed by atoms with E-state index in [1.54, 1.807) is 30.3 Å². The molecule has 7 nitrogen and oxygen atoms in total. The molecule has 0 heterocycles. The molecule has 0 aromatic heterocycles. The fourth-order valence-electron chi connectivity index (χ4n) is 1.25. The number of amides is 1. The number of carbonyl (C=O) groups excluding carboxylic acids is 2. The summed E-state index contributed by atoms with van der Waals surface area (Å²) in [5.74, 6) is -3.29. The molecule has 0 saturated heterocycles. The normalized spacial score (nSPS) is 11.4. The van der Waals surface area contributed by atoms with Crippen LogP contribution in [0.1, 0.15) is 5.56 Å². The molecule has 0 bridgehead atoms. The Bertz CT molecular complexity index is 460. The van der Waals surface area contributed by atoms with Gasteiger partial charge in [0.1, 0.15) is 6.61 Å². The lowest BCUT2D eigenvalue weighted by Gasteiger charge is -2.13. The monoisotopic (exact) mass is 266 g/mol. The number of hydrogen-bond acceptors (Lipinski definition) is 5. The Labute approximate surface area is 109 Å². The van der Waals surface area contributed by atoms with E-state index in [-0.39, 0.29) is 6.61 Å². The first kappa shape index (κ1) is 14.7. The standard InChI is InChI=1S/C12H14N2O5/c13-6-9(15)14-10(11(16)17)12(18)19-7-8-4-2-1-3-5-8/h1-5,10H,6-7,13H2,(H,14,15)(H,16,17). The second-order valence-corrected chi connectivity index (χ2v) is 3.64. The van der Waals surface area contributed by atoms with Crippen LogP contribution in [0.25, 0.3) is 0 Å². The smallest absolute Gasteiger partial charge is 0.340 e. The predicted molar refractivity (Wildman–Crippen MR) is 64.9 cm³/mol. The molecule has 0 fully saturated rings. The molecule has 0 saturated carbocycles. The summed E-state index contributed by atoms with van der Waals surface area (Å²) in [4.78, 5) is 33.4. The van der Waals surface area contributed by atoms with Gasteiger partial charge < -0.3 is 20.9 Å². The highest BCUT2D eigenvalue weighted by atomic mass is 16.5. The van der Waals surface area contributed by atoms with Gasteiger partial charge >= 0.3 is 11.9 Å². The minimum absolute atomic E-state index is 0.0675. The SMILES string of the molecule is NCC(=O)NC(C(=O)O)C(=O)OCc1ccccc1. The molecule has 1 amide bonds. The number of benzene rings is 1. The number of carbonyl (C=O) groups is 3. The van der Waals surface area contributed by atoms with E-state index in [1.807, 2.05) is 5.32 Å². The predicted octanol–water partition coefficient (Wildman–Crippen LogP) is -0.742. The highest BCUT2D eigenvalue weighted by molar-refractivity contribution is 6.01.